The van der Waals surface area contributed by atoms with E-state index in [1.807, 2.05) is 0 Å². The lowest BCUT2D eigenvalue weighted by Crippen LogP contribution is -2.27. The highest BCUT2D eigenvalue weighted by molar-refractivity contribution is 5.84. The average molecular weight is 190 g/mol. The van der Waals surface area contributed by atoms with Gasteiger partial charge in [0.05, 0.1) is 0 Å². The van der Waals surface area contributed by atoms with Crippen LogP contribution in [0.3, 0.4) is 0 Å². The SMILES string of the molecule is CCC1CCCC(C(=O)C(F)F)C1. The van der Waals surface area contributed by atoms with Gasteiger partial charge in [-0.05, 0) is 18.8 Å². The van der Waals surface area contributed by atoms with Crippen LogP contribution in [-0.2, 0) is 4.79 Å². The van der Waals surface area contributed by atoms with Gasteiger partial charge < -0.3 is 0 Å². The van der Waals surface area contributed by atoms with E-state index in [9.17, 15) is 13.6 Å². The molecule has 0 aliphatic heterocycles. The van der Waals surface area contributed by atoms with Crippen molar-refractivity contribution in [3.05, 3.63) is 0 Å². The summed E-state index contributed by atoms with van der Waals surface area (Å²) in [6.45, 7) is 2.06. The van der Waals surface area contributed by atoms with Gasteiger partial charge in [-0.2, -0.15) is 0 Å². The van der Waals surface area contributed by atoms with Crippen LogP contribution in [0.25, 0.3) is 0 Å². The van der Waals surface area contributed by atoms with E-state index in [4.69, 9.17) is 0 Å². The Kier molecular flexibility index (Phi) is 3.82. The number of hydrogen-bond acceptors (Lipinski definition) is 1. The van der Waals surface area contributed by atoms with Crippen molar-refractivity contribution in [1.29, 1.82) is 0 Å². The molecule has 3 heteroatoms. The lowest BCUT2D eigenvalue weighted by Gasteiger charge is -2.27. The summed E-state index contributed by atoms with van der Waals surface area (Å²) in [7, 11) is 0. The Balaban J connectivity index is 2.46. The molecule has 0 amide bonds. The molecule has 0 bridgehead atoms. The molecule has 1 nitrogen and oxygen atoms in total. The lowest BCUT2D eigenvalue weighted by molar-refractivity contribution is -0.135. The van der Waals surface area contributed by atoms with Crippen molar-refractivity contribution in [2.24, 2.45) is 11.8 Å². The van der Waals surface area contributed by atoms with Crippen LogP contribution in [-0.4, -0.2) is 12.2 Å². The van der Waals surface area contributed by atoms with Crippen LogP contribution in [0.2, 0.25) is 0 Å². The van der Waals surface area contributed by atoms with Crippen LogP contribution in [0, 0.1) is 11.8 Å². The van der Waals surface area contributed by atoms with E-state index >= 15 is 0 Å². The van der Waals surface area contributed by atoms with Gasteiger partial charge in [0.1, 0.15) is 0 Å². The predicted octanol–water partition coefficient (Wildman–Crippen LogP) is 3.04. The molecule has 2 atom stereocenters. The third kappa shape index (κ3) is 2.75. The van der Waals surface area contributed by atoms with Crippen LogP contribution >= 0.6 is 0 Å². The van der Waals surface area contributed by atoms with Crippen molar-refractivity contribution in [1.82, 2.24) is 0 Å². The number of Topliss-reactive ketones (excluding diaryl/α,β-unsaturated/α-hetero) is 1. The van der Waals surface area contributed by atoms with E-state index in [0.717, 1.165) is 19.3 Å². The summed E-state index contributed by atoms with van der Waals surface area (Å²) in [6.07, 6.45) is 1.62. The standard InChI is InChI=1S/C10H16F2O/c1-2-7-4-3-5-8(6-7)9(13)10(11)12/h7-8,10H,2-6H2,1H3. The normalized spacial score (nSPS) is 29.2. The monoisotopic (exact) mass is 190 g/mol. The second-order valence-corrected chi connectivity index (χ2v) is 3.84. The first-order valence-electron chi connectivity index (χ1n) is 4.97. The smallest absolute Gasteiger partial charge is 0.293 e. The highest BCUT2D eigenvalue weighted by Crippen LogP contribution is 2.32. The van der Waals surface area contributed by atoms with E-state index in [2.05, 4.69) is 6.92 Å². The summed E-state index contributed by atoms with van der Waals surface area (Å²) in [4.78, 5) is 11.0. The second-order valence-electron chi connectivity index (χ2n) is 3.84. The Morgan fingerprint density at radius 2 is 2.15 bits per heavy atom. The third-order valence-electron chi connectivity index (χ3n) is 2.98. The van der Waals surface area contributed by atoms with Crippen LogP contribution in [0.5, 0.6) is 0 Å². The number of ketones is 1. The van der Waals surface area contributed by atoms with Crippen LogP contribution in [0.15, 0.2) is 0 Å². The molecule has 2 unspecified atom stereocenters. The Bertz CT molecular complexity index is 180. The van der Waals surface area contributed by atoms with E-state index in [1.165, 1.54) is 0 Å². The topological polar surface area (TPSA) is 17.1 Å². The molecule has 0 spiro atoms. The summed E-state index contributed by atoms with van der Waals surface area (Å²) >= 11 is 0. The molecule has 0 saturated heterocycles. The Morgan fingerprint density at radius 1 is 1.46 bits per heavy atom. The van der Waals surface area contributed by atoms with Gasteiger partial charge in [0.2, 0.25) is 5.78 Å². The molecule has 1 aliphatic carbocycles. The fourth-order valence-electron chi connectivity index (χ4n) is 2.10. The minimum Gasteiger partial charge on any atom is -0.293 e. The molecule has 1 rings (SSSR count). The first-order chi connectivity index (χ1) is 6.15. The summed E-state index contributed by atoms with van der Waals surface area (Å²) in [5.74, 6) is -0.710. The molecule has 0 N–H and O–H groups in total. The molecule has 1 aliphatic rings. The number of halogens is 2. The number of carbonyl (C=O) groups is 1. The van der Waals surface area contributed by atoms with Crippen LogP contribution in [0.4, 0.5) is 8.78 Å². The first-order valence-corrected chi connectivity index (χ1v) is 4.97. The highest BCUT2D eigenvalue weighted by Gasteiger charge is 2.30. The van der Waals surface area contributed by atoms with Crippen molar-refractivity contribution in [2.45, 2.75) is 45.5 Å². The average Bonchev–Trinajstić information content (AvgIpc) is 2.16. The Labute approximate surface area is 77.5 Å². The lowest BCUT2D eigenvalue weighted by atomic mass is 9.78. The highest BCUT2D eigenvalue weighted by atomic mass is 19.3. The van der Waals surface area contributed by atoms with Gasteiger partial charge >= 0.3 is 0 Å². The maximum atomic E-state index is 12.1. The molecule has 0 heterocycles. The molecule has 0 aromatic carbocycles. The molecule has 13 heavy (non-hydrogen) atoms. The van der Waals surface area contributed by atoms with Gasteiger partial charge in [0.15, 0.2) is 0 Å². The van der Waals surface area contributed by atoms with E-state index < -0.39 is 12.2 Å². The zero-order valence-corrected chi connectivity index (χ0v) is 7.93. The molecule has 76 valence electrons. The molecular weight excluding hydrogens is 174 g/mol. The van der Waals surface area contributed by atoms with E-state index in [0.29, 0.717) is 18.8 Å². The Hall–Kier alpha value is -0.470. The first kappa shape index (κ1) is 10.6. The van der Waals surface area contributed by atoms with Gasteiger partial charge in [-0.1, -0.05) is 26.2 Å². The molecule has 0 radical (unpaired) electrons. The van der Waals surface area contributed by atoms with E-state index in [1.54, 1.807) is 0 Å². The van der Waals surface area contributed by atoms with Crippen LogP contribution in [0.1, 0.15) is 39.0 Å². The van der Waals surface area contributed by atoms with Gasteiger partial charge in [-0.15, -0.1) is 0 Å². The number of alkyl halides is 2. The van der Waals surface area contributed by atoms with Crippen LogP contribution < -0.4 is 0 Å². The van der Waals surface area contributed by atoms with Crippen molar-refractivity contribution >= 4 is 5.78 Å². The van der Waals surface area contributed by atoms with Gasteiger partial charge in [0.25, 0.3) is 6.43 Å². The Morgan fingerprint density at radius 3 is 2.69 bits per heavy atom. The van der Waals surface area contributed by atoms with Gasteiger partial charge in [-0.25, -0.2) is 8.78 Å². The predicted molar refractivity (Wildman–Crippen MR) is 46.8 cm³/mol. The van der Waals surface area contributed by atoms with Crippen molar-refractivity contribution < 1.29 is 13.6 Å². The number of carbonyl (C=O) groups excluding carboxylic acids is 1. The number of hydrogen-bond donors (Lipinski definition) is 0. The summed E-state index contributed by atoms with van der Waals surface area (Å²) < 4.78 is 24.2. The summed E-state index contributed by atoms with van der Waals surface area (Å²) in [5.41, 5.74) is 0. The van der Waals surface area contributed by atoms with Gasteiger partial charge in [0, 0.05) is 5.92 Å². The largest absolute Gasteiger partial charge is 0.296 e. The zero-order chi connectivity index (χ0) is 9.84. The summed E-state index contributed by atoms with van der Waals surface area (Å²) in [5, 5.41) is 0. The quantitative estimate of drug-likeness (QED) is 0.668. The summed E-state index contributed by atoms with van der Waals surface area (Å²) in [6, 6.07) is 0. The van der Waals surface area contributed by atoms with E-state index in [-0.39, 0.29) is 5.92 Å². The van der Waals surface area contributed by atoms with Gasteiger partial charge in [-0.3, -0.25) is 4.79 Å². The maximum Gasteiger partial charge on any atom is 0.296 e. The molecule has 1 saturated carbocycles. The zero-order valence-electron chi connectivity index (χ0n) is 7.93. The maximum absolute atomic E-state index is 12.1. The molecular formula is C10H16F2O. The fraction of sp³-hybridized carbons (Fsp3) is 0.900. The number of rotatable bonds is 3. The molecule has 1 fully saturated rings. The van der Waals surface area contributed by atoms with Crippen molar-refractivity contribution in [3.63, 3.8) is 0 Å². The minimum atomic E-state index is -2.76. The molecule has 0 aromatic rings. The third-order valence-corrected chi connectivity index (χ3v) is 2.98. The molecule has 0 aromatic heterocycles. The fourth-order valence-corrected chi connectivity index (χ4v) is 2.10. The minimum absolute atomic E-state index is 0.362. The second kappa shape index (κ2) is 4.68. The van der Waals surface area contributed by atoms with Crippen molar-refractivity contribution in [2.75, 3.05) is 0 Å². The van der Waals surface area contributed by atoms with Crippen molar-refractivity contribution in [3.8, 4) is 0 Å².